The second-order valence-electron chi connectivity index (χ2n) is 7.02. The predicted octanol–water partition coefficient (Wildman–Crippen LogP) is -1.17. The maximum absolute atomic E-state index is 4.40. The molecule has 1 saturated heterocycles. The summed E-state index contributed by atoms with van der Waals surface area (Å²) in [7, 11) is 2.28. The average molecular weight is 316 g/mol. The van der Waals surface area contributed by atoms with Gasteiger partial charge in [0.1, 0.15) is 26.2 Å². The van der Waals surface area contributed by atoms with E-state index in [-0.39, 0.29) is 0 Å². The van der Waals surface area contributed by atoms with Gasteiger partial charge in [-0.05, 0) is 16.0 Å². The highest BCUT2D eigenvalue weighted by Gasteiger charge is 2.35. The van der Waals surface area contributed by atoms with Crippen molar-refractivity contribution in [2.75, 3.05) is 33.2 Å². The van der Waals surface area contributed by atoms with E-state index in [1.807, 2.05) is 10.7 Å². The molecule has 0 unspecified atom stereocenters. The van der Waals surface area contributed by atoms with Gasteiger partial charge in [-0.25, -0.2) is 4.68 Å². The Kier molecular flexibility index (Phi) is 5.03. The molecule has 124 valence electrons. The molecule has 3 rings (SSSR count). The minimum Gasteiger partial charge on any atom is -0.328 e. The summed E-state index contributed by atoms with van der Waals surface area (Å²) in [5, 5.41) is 12.6. The fraction of sp³-hybridized carbons (Fsp3) is 0.588. The average Bonchev–Trinajstić information content (AvgIpc) is 2.98. The molecule has 23 heavy (non-hydrogen) atoms. The molecule has 2 heterocycles. The van der Waals surface area contributed by atoms with Gasteiger partial charge in [0.05, 0.1) is 13.6 Å². The zero-order chi connectivity index (χ0) is 16.2. The zero-order valence-electron chi connectivity index (χ0n) is 14.4. The van der Waals surface area contributed by atoms with Gasteiger partial charge < -0.3 is 9.80 Å². The third kappa shape index (κ3) is 3.76. The monoisotopic (exact) mass is 316 g/mol. The number of rotatable bonds is 5. The van der Waals surface area contributed by atoms with Crippen LogP contribution in [0, 0.1) is 5.92 Å². The summed E-state index contributed by atoms with van der Waals surface area (Å²) in [4.78, 5) is 3.25. The molecule has 2 N–H and O–H groups in total. The van der Waals surface area contributed by atoms with Gasteiger partial charge in [-0.3, -0.25) is 0 Å². The molecule has 1 fully saturated rings. The Morgan fingerprint density at radius 1 is 1.09 bits per heavy atom. The van der Waals surface area contributed by atoms with Crippen molar-refractivity contribution in [1.82, 2.24) is 20.2 Å². The lowest BCUT2D eigenvalue weighted by Gasteiger charge is -2.34. The van der Waals surface area contributed by atoms with Crippen molar-refractivity contribution in [2.24, 2.45) is 5.92 Å². The van der Waals surface area contributed by atoms with Crippen molar-refractivity contribution in [2.45, 2.75) is 26.4 Å². The van der Waals surface area contributed by atoms with Crippen LogP contribution in [0.3, 0.4) is 0 Å². The lowest BCUT2D eigenvalue weighted by atomic mass is 10.0. The zero-order valence-corrected chi connectivity index (χ0v) is 14.4. The molecule has 0 amide bonds. The number of hydrogen-bond acceptors (Lipinski definition) is 3. The van der Waals surface area contributed by atoms with Gasteiger partial charge >= 0.3 is 0 Å². The van der Waals surface area contributed by atoms with Gasteiger partial charge in [-0.2, -0.15) is 0 Å². The minimum atomic E-state index is 0.363. The van der Waals surface area contributed by atoms with Crippen LogP contribution < -0.4 is 9.80 Å². The van der Waals surface area contributed by atoms with E-state index < -0.39 is 0 Å². The molecule has 0 saturated carbocycles. The number of likely N-dealkylation sites (N-methyl/N-ethyl adjacent to an activating group) is 1. The molecular weight excluding hydrogens is 288 g/mol. The second-order valence-corrected chi connectivity index (χ2v) is 7.02. The first-order valence-corrected chi connectivity index (χ1v) is 8.61. The number of benzene rings is 1. The Morgan fingerprint density at radius 3 is 2.43 bits per heavy atom. The molecule has 1 atom stereocenters. The van der Waals surface area contributed by atoms with Gasteiger partial charge in [0.25, 0.3) is 0 Å². The molecule has 0 bridgehead atoms. The minimum absolute atomic E-state index is 0.363. The number of hydrogen-bond donors (Lipinski definition) is 2. The normalized spacial score (nSPS) is 23.1. The van der Waals surface area contributed by atoms with Gasteiger partial charge in [0.15, 0.2) is 6.04 Å². The van der Waals surface area contributed by atoms with E-state index in [0.717, 1.165) is 12.4 Å². The number of piperazine rings is 1. The number of tetrazole rings is 1. The summed E-state index contributed by atoms with van der Waals surface area (Å²) in [6.45, 7) is 10.1. The number of quaternary nitrogens is 2. The third-order valence-corrected chi connectivity index (χ3v) is 4.87. The fourth-order valence-corrected chi connectivity index (χ4v) is 3.56. The van der Waals surface area contributed by atoms with E-state index in [2.05, 4.69) is 60.7 Å². The van der Waals surface area contributed by atoms with Crippen LogP contribution in [0.15, 0.2) is 30.3 Å². The van der Waals surface area contributed by atoms with Crippen LogP contribution in [0.2, 0.25) is 0 Å². The van der Waals surface area contributed by atoms with Crippen molar-refractivity contribution in [3.05, 3.63) is 41.7 Å². The lowest BCUT2D eigenvalue weighted by molar-refractivity contribution is -1.02. The van der Waals surface area contributed by atoms with Crippen LogP contribution in [0.25, 0.3) is 0 Å². The Hall–Kier alpha value is -1.79. The van der Waals surface area contributed by atoms with Gasteiger partial charge in [0.2, 0.25) is 5.82 Å². The summed E-state index contributed by atoms with van der Waals surface area (Å²) in [5.41, 5.74) is 1.24. The van der Waals surface area contributed by atoms with Crippen molar-refractivity contribution < 1.29 is 9.80 Å². The van der Waals surface area contributed by atoms with Crippen LogP contribution in [0.4, 0.5) is 0 Å². The van der Waals surface area contributed by atoms with Gasteiger partial charge in [-0.1, -0.05) is 44.2 Å². The molecule has 6 nitrogen and oxygen atoms in total. The highest BCUT2D eigenvalue weighted by Crippen LogP contribution is 2.16. The van der Waals surface area contributed by atoms with Crippen molar-refractivity contribution >= 4 is 0 Å². The fourth-order valence-electron chi connectivity index (χ4n) is 3.56. The number of nitrogens with one attached hydrogen (secondary N) is 2. The van der Waals surface area contributed by atoms with Crippen LogP contribution >= 0.6 is 0 Å². The standard InChI is InChI=1S/C17H26N6/c1-14(2)16(22-11-9-21(3)10-12-22)17-18-19-20-23(17)13-15-7-5-4-6-8-15/h4-8,14,16H,9-13H2,1-3H3/p+2/t16-/m1/s1. The van der Waals surface area contributed by atoms with E-state index >= 15 is 0 Å². The van der Waals surface area contributed by atoms with Crippen LogP contribution in [-0.4, -0.2) is 53.4 Å². The van der Waals surface area contributed by atoms with Gasteiger partial charge in [0, 0.05) is 5.92 Å². The summed E-state index contributed by atoms with van der Waals surface area (Å²) < 4.78 is 1.98. The SMILES string of the molecule is CC(C)[C@H](c1nnnn1Cc1ccccc1)[NH+]1CC[NH+](C)CC1. The topological polar surface area (TPSA) is 52.5 Å². The van der Waals surface area contributed by atoms with Crippen LogP contribution in [0.5, 0.6) is 0 Å². The third-order valence-electron chi connectivity index (χ3n) is 4.87. The summed E-state index contributed by atoms with van der Waals surface area (Å²) in [6, 6.07) is 10.8. The smallest absolute Gasteiger partial charge is 0.209 e. The van der Waals surface area contributed by atoms with E-state index in [0.29, 0.717) is 12.0 Å². The molecule has 0 aliphatic carbocycles. The Balaban J connectivity index is 1.82. The Labute approximate surface area is 138 Å². The van der Waals surface area contributed by atoms with Crippen molar-refractivity contribution in [1.29, 1.82) is 0 Å². The molecule has 0 radical (unpaired) electrons. The number of nitrogens with zero attached hydrogens (tertiary/aromatic N) is 4. The van der Waals surface area contributed by atoms with E-state index in [9.17, 15) is 0 Å². The molecule has 1 aromatic heterocycles. The first kappa shape index (κ1) is 16.1. The highest BCUT2D eigenvalue weighted by atomic mass is 15.6. The maximum Gasteiger partial charge on any atom is 0.209 e. The lowest BCUT2D eigenvalue weighted by Crippen LogP contribution is -3.27. The predicted molar refractivity (Wildman–Crippen MR) is 88.3 cm³/mol. The molecule has 0 spiro atoms. The molecule has 1 aliphatic heterocycles. The number of aromatic nitrogens is 4. The summed E-state index contributed by atoms with van der Waals surface area (Å²) in [5.74, 6) is 1.54. The largest absolute Gasteiger partial charge is 0.328 e. The second kappa shape index (κ2) is 7.19. The molecule has 2 aromatic rings. The first-order chi connectivity index (χ1) is 11.1. The quantitative estimate of drug-likeness (QED) is 0.731. The summed E-state index contributed by atoms with van der Waals surface area (Å²) in [6.07, 6.45) is 0. The van der Waals surface area contributed by atoms with E-state index in [1.165, 1.54) is 31.7 Å². The molecule has 1 aliphatic rings. The van der Waals surface area contributed by atoms with Crippen molar-refractivity contribution in [3.63, 3.8) is 0 Å². The maximum atomic E-state index is 4.40. The van der Waals surface area contributed by atoms with E-state index in [4.69, 9.17) is 0 Å². The van der Waals surface area contributed by atoms with Crippen LogP contribution in [0.1, 0.15) is 31.3 Å². The van der Waals surface area contributed by atoms with Crippen LogP contribution in [-0.2, 0) is 6.54 Å². The molecule has 1 aromatic carbocycles. The highest BCUT2D eigenvalue weighted by molar-refractivity contribution is 5.15. The van der Waals surface area contributed by atoms with E-state index in [1.54, 1.807) is 9.80 Å². The van der Waals surface area contributed by atoms with Gasteiger partial charge in [-0.15, -0.1) is 5.10 Å². The summed E-state index contributed by atoms with van der Waals surface area (Å²) >= 11 is 0. The Morgan fingerprint density at radius 2 is 1.78 bits per heavy atom. The first-order valence-electron chi connectivity index (χ1n) is 8.61. The molecule has 6 heteroatoms. The van der Waals surface area contributed by atoms with Crippen molar-refractivity contribution in [3.8, 4) is 0 Å². The Bertz CT molecular complexity index is 601. The molecular formula is C17H28N6+2.